The van der Waals surface area contributed by atoms with E-state index in [2.05, 4.69) is 19.9 Å². The van der Waals surface area contributed by atoms with Gasteiger partial charge in [-0.25, -0.2) is 24.5 Å². The zero-order chi connectivity index (χ0) is 24.1. The molecular formula is C20H23ClN6O6. The number of aliphatic hydroxyl groups excluding tert-OH is 1. The number of aliphatic hydroxyl groups is 1. The number of amides is 2. The van der Waals surface area contributed by atoms with Crippen LogP contribution < -0.4 is 4.90 Å². The van der Waals surface area contributed by atoms with Crippen molar-refractivity contribution in [3.8, 4) is 0 Å². The van der Waals surface area contributed by atoms with Crippen molar-refractivity contribution in [2.24, 2.45) is 0 Å². The van der Waals surface area contributed by atoms with Crippen LogP contribution in [0, 0.1) is 0 Å². The number of pyridine rings is 1. The third-order valence-electron chi connectivity index (χ3n) is 4.91. The van der Waals surface area contributed by atoms with Crippen LogP contribution in [-0.4, -0.2) is 92.3 Å². The van der Waals surface area contributed by atoms with Crippen LogP contribution in [0.15, 0.2) is 30.7 Å². The Morgan fingerprint density at radius 2 is 1.79 bits per heavy atom. The second-order valence-corrected chi connectivity index (χ2v) is 7.78. The highest BCUT2D eigenvalue weighted by Gasteiger charge is 2.44. The molecule has 4 rings (SSSR count). The largest absolute Gasteiger partial charge is 0.479 e. The number of halogens is 1. The number of likely N-dealkylation sites (N-methyl/N-ethyl adjacent to an activating group) is 1. The highest BCUT2D eigenvalue weighted by Crippen LogP contribution is 2.35. The van der Waals surface area contributed by atoms with E-state index in [-0.39, 0.29) is 5.69 Å². The normalized spacial score (nSPS) is 18.8. The van der Waals surface area contributed by atoms with Gasteiger partial charge in [-0.3, -0.25) is 9.78 Å². The van der Waals surface area contributed by atoms with Crippen molar-refractivity contribution in [2.45, 2.75) is 19.3 Å². The standard InChI is InChI=1S/C17H17ClN6O3.C3H6O3/c1-22-6-8-23(9-7-22)17(26)27-16-14-13(19-4-5-20-14)15(25)24(16)12-3-2-11(18)10-21-12;1-2(4)3(5)6/h2-5,10,16H,6-9H2,1H3;2,4H,1H3,(H,5,6). The number of nitrogens with zero attached hydrogens (tertiary/aromatic N) is 6. The summed E-state index contributed by atoms with van der Waals surface area (Å²) in [7, 11) is 2.00. The molecular weight excluding hydrogens is 456 g/mol. The van der Waals surface area contributed by atoms with E-state index < -0.39 is 30.3 Å². The Kier molecular flexibility index (Phi) is 7.74. The quantitative estimate of drug-likeness (QED) is 0.654. The first kappa shape index (κ1) is 24.3. The van der Waals surface area contributed by atoms with Gasteiger partial charge in [0.1, 0.15) is 17.6 Å². The lowest BCUT2D eigenvalue weighted by Crippen LogP contribution is -2.48. The molecule has 176 valence electrons. The van der Waals surface area contributed by atoms with E-state index in [1.165, 1.54) is 30.4 Å². The van der Waals surface area contributed by atoms with E-state index in [1.54, 1.807) is 17.0 Å². The van der Waals surface area contributed by atoms with Gasteiger partial charge in [-0.05, 0) is 26.1 Å². The molecule has 1 saturated heterocycles. The van der Waals surface area contributed by atoms with Crippen LogP contribution in [0.5, 0.6) is 0 Å². The highest BCUT2D eigenvalue weighted by atomic mass is 35.5. The molecule has 2 aromatic heterocycles. The van der Waals surface area contributed by atoms with E-state index >= 15 is 0 Å². The first-order valence-electron chi connectivity index (χ1n) is 10.00. The van der Waals surface area contributed by atoms with Gasteiger partial charge in [0, 0.05) is 44.8 Å². The number of hydrogen-bond acceptors (Lipinski definition) is 9. The second kappa shape index (κ2) is 10.5. The fraction of sp³-hybridized carbons (Fsp3) is 0.400. The van der Waals surface area contributed by atoms with Crippen molar-refractivity contribution in [1.29, 1.82) is 0 Å². The molecule has 0 saturated carbocycles. The molecule has 2 amide bonds. The minimum atomic E-state index is -1.23. The number of carboxylic acids is 1. The topological polar surface area (TPSA) is 149 Å². The molecule has 2 unspecified atom stereocenters. The smallest absolute Gasteiger partial charge is 0.412 e. The number of fused-ring (bicyclic) bond motifs is 1. The maximum Gasteiger partial charge on any atom is 0.412 e. The van der Waals surface area contributed by atoms with Gasteiger partial charge in [-0.2, -0.15) is 0 Å². The SMILES string of the molecule is CC(O)C(=O)O.CN1CCN(C(=O)OC2c3nccnc3C(=O)N2c2ccc(Cl)cn2)CC1. The molecule has 2 aromatic rings. The van der Waals surface area contributed by atoms with Gasteiger partial charge in [-0.1, -0.05) is 11.6 Å². The number of ether oxygens (including phenoxy) is 1. The summed E-state index contributed by atoms with van der Waals surface area (Å²) >= 11 is 5.89. The predicted molar refractivity (Wildman–Crippen MR) is 116 cm³/mol. The summed E-state index contributed by atoms with van der Waals surface area (Å²) in [4.78, 5) is 52.5. The molecule has 0 aliphatic carbocycles. The number of anilines is 1. The zero-order valence-corrected chi connectivity index (χ0v) is 18.7. The summed E-state index contributed by atoms with van der Waals surface area (Å²) in [5.41, 5.74) is 0.437. The molecule has 2 N–H and O–H groups in total. The number of rotatable bonds is 3. The maximum atomic E-state index is 12.8. The number of carboxylic acid groups (broad SMARTS) is 1. The lowest BCUT2D eigenvalue weighted by molar-refractivity contribution is -0.145. The van der Waals surface area contributed by atoms with Crippen molar-refractivity contribution in [3.05, 3.63) is 47.1 Å². The van der Waals surface area contributed by atoms with Crippen molar-refractivity contribution in [1.82, 2.24) is 24.8 Å². The summed E-state index contributed by atoms with van der Waals surface area (Å²) in [6.45, 7) is 3.84. The molecule has 2 atom stereocenters. The molecule has 1 fully saturated rings. The minimum Gasteiger partial charge on any atom is -0.479 e. The van der Waals surface area contributed by atoms with Crippen molar-refractivity contribution >= 4 is 35.4 Å². The first-order chi connectivity index (χ1) is 15.7. The van der Waals surface area contributed by atoms with E-state index in [0.717, 1.165) is 13.1 Å². The van der Waals surface area contributed by atoms with Gasteiger partial charge >= 0.3 is 12.1 Å². The lowest BCUT2D eigenvalue weighted by atomic mass is 10.3. The van der Waals surface area contributed by atoms with Crippen molar-refractivity contribution in [2.75, 3.05) is 38.1 Å². The predicted octanol–water partition coefficient (Wildman–Crippen LogP) is 1.02. The summed E-state index contributed by atoms with van der Waals surface area (Å²) in [6.07, 6.45) is 1.55. The molecule has 0 radical (unpaired) electrons. The third kappa shape index (κ3) is 5.72. The van der Waals surface area contributed by atoms with E-state index in [0.29, 0.717) is 29.6 Å². The number of aliphatic carboxylic acids is 1. The van der Waals surface area contributed by atoms with Gasteiger partial charge in [0.05, 0.1) is 5.02 Å². The van der Waals surface area contributed by atoms with Crippen LogP contribution in [0.25, 0.3) is 0 Å². The Labute approximate surface area is 194 Å². The van der Waals surface area contributed by atoms with Gasteiger partial charge in [0.2, 0.25) is 6.23 Å². The Morgan fingerprint density at radius 3 is 2.36 bits per heavy atom. The Balaban J connectivity index is 0.000000454. The molecule has 4 heterocycles. The monoisotopic (exact) mass is 478 g/mol. The van der Waals surface area contributed by atoms with E-state index in [1.807, 2.05) is 7.05 Å². The van der Waals surface area contributed by atoms with Crippen molar-refractivity contribution in [3.63, 3.8) is 0 Å². The molecule has 13 heteroatoms. The number of aromatic nitrogens is 3. The first-order valence-corrected chi connectivity index (χ1v) is 10.4. The summed E-state index contributed by atoms with van der Waals surface area (Å²) in [5, 5.41) is 16.2. The number of carbonyl (C=O) groups is 3. The third-order valence-corrected chi connectivity index (χ3v) is 5.13. The average molecular weight is 479 g/mol. The zero-order valence-electron chi connectivity index (χ0n) is 18.0. The minimum absolute atomic E-state index is 0.144. The summed E-state index contributed by atoms with van der Waals surface area (Å²) in [5.74, 6) is -1.31. The highest BCUT2D eigenvalue weighted by molar-refractivity contribution is 6.30. The van der Waals surface area contributed by atoms with Gasteiger partial charge in [0.25, 0.3) is 5.91 Å². The fourth-order valence-corrected chi connectivity index (χ4v) is 3.15. The Bertz CT molecular complexity index is 1010. The van der Waals surface area contributed by atoms with Crippen LogP contribution in [0.4, 0.5) is 10.6 Å². The van der Waals surface area contributed by atoms with Crippen LogP contribution in [0.1, 0.15) is 29.3 Å². The molecule has 33 heavy (non-hydrogen) atoms. The summed E-state index contributed by atoms with van der Waals surface area (Å²) < 4.78 is 5.68. The van der Waals surface area contributed by atoms with E-state index in [4.69, 9.17) is 26.6 Å². The second-order valence-electron chi connectivity index (χ2n) is 7.34. The van der Waals surface area contributed by atoms with Crippen LogP contribution in [0.2, 0.25) is 5.02 Å². The van der Waals surface area contributed by atoms with Gasteiger partial charge < -0.3 is 24.7 Å². The summed E-state index contributed by atoms with van der Waals surface area (Å²) in [6, 6.07) is 3.20. The number of hydrogen-bond donors (Lipinski definition) is 2. The average Bonchev–Trinajstić information content (AvgIpc) is 3.07. The van der Waals surface area contributed by atoms with Crippen molar-refractivity contribution < 1.29 is 29.3 Å². The lowest BCUT2D eigenvalue weighted by Gasteiger charge is -2.33. The molecule has 2 aliphatic rings. The van der Waals surface area contributed by atoms with Crippen LogP contribution in [0.3, 0.4) is 0 Å². The maximum absolute atomic E-state index is 12.8. The molecule has 0 bridgehead atoms. The van der Waals surface area contributed by atoms with E-state index in [9.17, 15) is 14.4 Å². The van der Waals surface area contributed by atoms with Crippen LogP contribution >= 0.6 is 11.6 Å². The molecule has 0 aromatic carbocycles. The van der Waals surface area contributed by atoms with Gasteiger partial charge in [-0.15, -0.1) is 0 Å². The number of carbonyl (C=O) groups excluding carboxylic acids is 2. The van der Waals surface area contributed by atoms with Gasteiger partial charge in [0.15, 0.2) is 5.69 Å². The van der Waals surface area contributed by atoms with Crippen LogP contribution in [-0.2, 0) is 9.53 Å². The number of piperazine rings is 1. The Morgan fingerprint density at radius 1 is 1.15 bits per heavy atom. The molecule has 12 nitrogen and oxygen atoms in total. The molecule has 2 aliphatic heterocycles. The molecule has 0 spiro atoms. The Hall–Kier alpha value is -3.35. The fourth-order valence-electron chi connectivity index (χ4n) is 3.04.